The van der Waals surface area contributed by atoms with Crippen LogP contribution in [0.15, 0.2) is 48.5 Å². The average molecular weight is 352 g/mol. The van der Waals surface area contributed by atoms with E-state index in [4.69, 9.17) is 4.74 Å². The lowest BCUT2D eigenvalue weighted by Gasteiger charge is -2.47. The van der Waals surface area contributed by atoms with E-state index >= 15 is 0 Å². The van der Waals surface area contributed by atoms with E-state index in [1.165, 1.54) is 16.9 Å². The van der Waals surface area contributed by atoms with E-state index in [0.717, 1.165) is 0 Å². The Morgan fingerprint density at radius 3 is 2.42 bits per heavy atom. The molecule has 2 aliphatic rings. The van der Waals surface area contributed by atoms with Crippen LogP contribution in [0.3, 0.4) is 0 Å². The lowest BCUT2D eigenvalue weighted by Crippen LogP contribution is -2.68. The Labute approximate surface area is 149 Å². The lowest BCUT2D eigenvalue weighted by molar-refractivity contribution is -0.143. The zero-order valence-electron chi connectivity index (χ0n) is 14.0. The molecule has 132 valence electrons. The number of benzene rings is 2. The maximum absolute atomic E-state index is 13.2. The zero-order chi connectivity index (χ0) is 18.5. The predicted octanol–water partition coefficient (Wildman–Crippen LogP) is 2.26. The summed E-state index contributed by atoms with van der Waals surface area (Å²) >= 11 is 0. The number of aliphatic carboxylic acids is 1. The number of para-hydroxylation sites is 1. The van der Waals surface area contributed by atoms with Gasteiger partial charge in [-0.1, -0.05) is 12.1 Å². The largest absolute Gasteiger partial charge is 0.497 e. The number of rotatable bonds is 3. The Balaban J connectivity index is 1.98. The highest BCUT2D eigenvalue weighted by atomic mass is 16.5. The van der Waals surface area contributed by atoms with Gasteiger partial charge in [0.1, 0.15) is 5.75 Å². The fourth-order valence-corrected chi connectivity index (χ4v) is 3.75. The van der Waals surface area contributed by atoms with Crippen molar-refractivity contribution in [2.24, 2.45) is 0 Å². The van der Waals surface area contributed by atoms with E-state index < -0.39 is 17.5 Å². The van der Waals surface area contributed by atoms with Crippen molar-refractivity contribution in [2.75, 3.05) is 16.9 Å². The molecule has 2 aromatic carbocycles. The van der Waals surface area contributed by atoms with Crippen LogP contribution in [0.25, 0.3) is 0 Å². The van der Waals surface area contributed by atoms with Crippen LogP contribution in [0.4, 0.5) is 11.4 Å². The number of nitrogens with zero attached hydrogens (tertiary/aromatic N) is 2. The average Bonchev–Trinajstić information content (AvgIpc) is 3.01. The summed E-state index contributed by atoms with van der Waals surface area (Å²) in [6, 6.07) is 13.1. The monoisotopic (exact) mass is 352 g/mol. The molecular formula is C19H16N2O5. The standard InChI is InChI=1S/C19H16N2O5/c1-26-13-8-6-12(7-9-13)20-17(23)14-4-2-3-5-15(14)21-16(22)10-11-19(20,21)18(24)25/h2-9H,10-11H2,1H3,(H,24,25). The van der Waals surface area contributed by atoms with Gasteiger partial charge in [0, 0.05) is 18.5 Å². The molecule has 1 unspecified atom stereocenters. The summed E-state index contributed by atoms with van der Waals surface area (Å²) in [5.74, 6) is -1.41. The molecule has 2 amide bonds. The molecule has 7 nitrogen and oxygen atoms in total. The molecule has 2 heterocycles. The van der Waals surface area contributed by atoms with Crippen LogP contribution in [0, 0.1) is 0 Å². The first-order chi connectivity index (χ1) is 12.5. The lowest BCUT2D eigenvalue weighted by atomic mass is 9.95. The van der Waals surface area contributed by atoms with Crippen LogP contribution < -0.4 is 14.5 Å². The van der Waals surface area contributed by atoms with Gasteiger partial charge in [-0.2, -0.15) is 0 Å². The highest BCUT2D eigenvalue weighted by molar-refractivity contribution is 6.22. The van der Waals surface area contributed by atoms with E-state index in [0.29, 0.717) is 22.7 Å². The van der Waals surface area contributed by atoms with Crippen molar-refractivity contribution in [3.63, 3.8) is 0 Å². The molecule has 0 saturated carbocycles. The van der Waals surface area contributed by atoms with Crippen LogP contribution in [0.5, 0.6) is 5.75 Å². The van der Waals surface area contributed by atoms with Gasteiger partial charge in [-0.25, -0.2) is 4.79 Å². The highest BCUT2D eigenvalue weighted by Crippen LogP contribution is 2.46. The number of fused-ring (bicyclic) bond motifs is 3. The Morgan fingerprint density at radius 2 is 1.77 bits per heavy atom. The fourth-order valence-electron chi connectivity index (χ4n) is 3.75. The second kappa shape index (κ2) is 5.59. The Bertz CT molecular complexity index is 924. The Kier molecular flexibility index (Phi) is 3.47. The molecular weight excluding hydrogens is 336 g/mol. The third-order valence-electron chi connectivity index (χ3n) is 4.93. The fraction of sp³-hybridized carbons (Fsp3) is 0.211. The summed E-state index contributed by atoms with van der Waals surface area (Å²) in [5.41, 5.74) is -0.730. The van der Waals surface area contributed by atoms with Gasteiger partial charge < -0.3 is 9.84 Å². The first kappa shape index (κ1) is 16.1. The minimum absolute atomic E-state index is 0.0211. The number of hydrogen-bond donors (Lipinski definition) is 1. The minimum atomic E-state index is -1.77. The van der Waals surface area contributed by atoms with Crippen molar-refractivity contribution >= 4 is 29.2 Å². The maximum Gasteiger partial charge on any atom is 0.351 e. The second-order valence-electron chi connectivity index (χ2n) is 6.21. The van der Waals surface area contributed by atoms with Gasteiger partial charge in [0.25, 0.3) is 5.91 Å². The molecule has 26 heavy (non-hydrogen) atoms. The van der Waals surface area contributed by atoms with Gasteiger partial charge in [0.15, 0.2) is 0 Å². The third-order valence-corrected chi connectivity index (χ3v) is 4.93. The summed E-state index contributed by atoms with van der Waals surface area (Å²) in [7, 11) is 1.52. The smallest absolute Gasteiger partial charge is 0.351 e. The summed E-state index contributed by atoms with van der Waals surface area (Å²) in [5, 5.41) is 10.1. The van der Waals surface area contributed by atoms with E-state index in [-0.39, 0.29) is 18.7 Å². The Hall–Kier alpha value is -3.35. The van der Waals surface area contributed by atoms with Crippen molar-refractivity contribution in [1.29, 1.82) is 0 Å². The highest BCUT2D eigenvalue weighted by Gasteiger charge is 2.61. The molecule has 1 saturated heterocycles. The molecule has 0 spiro atoms. The van der Waals surface area contributed by atoms with Gasteiger partial charge >= 0.3 is 5.97 Å². The van der Waals surface area contributed by atoms with Gasteiger partial charge in [0.2, 0.25) is 11.6 Å². The van der Waals surface area contributed by atoms with Gasteiger partial charge in [0.05, 0.1) is 18.4 Å². The predicted molar refractivity (Wildman–Crippen MR) is 93.3 cm³/mol. The van der Waals surface area contributed by atoms with Crippen LogP contribution in [-0.2, 0) is 9.59 Å². The molecule has 1 atom stereocenters. The molecule has 4 rings (SSSR count). The number of carboxylic acids is 1. The third kappa shape index (κ3) is 1.97. The molecule has 0 aliphatic carbocycles. The van der Waals surface area contributed by atoms with Crippen LogP contribution in [-0.4, -0.2) is 35.7 Å². The van der Waals surface area contributed by atoms with Crippen LogP contribution in [0.2, 0.25) is 0 Å². The van der Waals surface area contributed by atoms with Crippen molar-refractivity contribution in [2.45, 2.75) is 18.5 Å². The van der Waals surface area contributed by atoms with E-state index in [2.05, 4.69) is 0 Å². The molecule has 2 aliphatic heterocycles. The first-order valence-electron chi connectivity index (χ1n) is 8.15. The minimum Gasteiger partial charge on any atom is -0.497 e. The number of carboxylic acid groups (broad SMARTS) is 1. The normalized spacial score (nSPS) is 21.4. The molecule has 0 aromatic heterocycles. The zero-order valence-corrected chi connectivity index (χ0v) is 14.0. The number of methoxy groups -OCH3 is 1. The number of carbonyl (C=O) groups excluding carboxylic acids is 2. The van der Waals surface area contributed by atoms with Crippen LogP contribution >= 0.6 is 0 Å². The summed E-state index contributed by atoms with van der Waals surface area (Å²) in [6.07, 6.45) is 0.0772. The van der Waals surface area contributed by atoms with E-state index in [9.17, 15) is 19.5 Å². The summed E-state index contributed by atoms with van der Waals surface area (Å²) in [4.78, 5) is 40.6. The van der Waals surface area contributed by atoms with Gasteiger partial charge in [-0.05, 0) is 36.4 Å². The molecule has 1 fully saturated rings. The number of ether oxygens (including phenoxy) is 1. The van der Waals surface area contributed by atoms with Crippen molar-refractivity contribution in [3.8, 4) is 5.75 Å². The van der Waals surface area contributed by atoms with E-state index in [1.807, 2.05) is 0 Å². The first-order valence-corrected chi connectivity index (χ1v) is 8.15. The molecule has 1 N–H and O–H groups in total. The van der Waals surface area contributed by atoms with Gasteiger partial charge in [-0.3, -0.25) is 19.4 Å². The number of hydrogen-bond acceptors (Lipinski definition) is 4. The number of amides is 2. The number of carbonyl (C=O) groups is 3. The van der Waals surface area contributed by atoms with Gasteiger partial charge in [-0.15, -0.1) is 0 Å². The summed E-state index contributed by atoms with van der Waals surface area (Å²) in [6.45, 7) is 0. The number of anilines is 2. The maximum atomic E-state index is 13.2. The Morgan fingerprint density at radius 1 is 1.08 bits per heavy atom. The second-order valence-corrected chi connectivity index (χ2v) is 6.21. The van der Waals surface area contributed by atoms with E-state index in [1.54, 1.807) is 48.5 Å². The molecule has 7 heteroatoms. The quantitative estimate of drug-likeness (QED) is 0.916. The van der Waals surface area contributed by atoms with Crippen molar-refractivity contribution < 1.29 is 24.2 Å². The SMILES string of the molecule is COc1ccc(N2C(=O)c3ccccc3N3C(=O)CCC23C(=O)O)cc1. The topological polar surface area (TPSA) is 87.2 Å². The molecule has 2 aromatic rings. The van der Waals surface area contributed by atoms with Crippen LogP contribution in [0.1, 0.15) is 23.2 Å². The van der Waals surface area contributed by atoms with Crippen molar-refractivity contribution in [3.05, 3.63) is 54.1 Å². The summed E-state index contributed by atoms with van der Waals surface area (Å²) < 4.78 is 5.13. The molecule has 0 radical (unpaired) electrons. The molecule has 0 bridgehead atoms. The van der Waals surface area contributed by atoms with Crippen molar-refractivity contribution in [1.82, 2.24) is 0 Å².